The Morgan fingerprint density at radius 1 is 1.19 bits per heavy atom. The second-order valence-electron chi connectivity index (χ2n) is 8.43. The quantitative estimate of drug-likeness (QED) is 0.405. The molecule has 0 N–H and O–H groups in total. The molecule has 2 aliphatic heterocycles. The number of ether oxygens (including phenoxy) is 1. The molecule has 0 saturated carbocycles. The molecule has 0 bridgehead atoms. The zero-order valence-corrected chi connectivity index (χ0v) is 17.8. The second-order valence-corrected chi connectivity index (χ2v) is 8.43. The van der Waals surface area contributed by atoms with E-state index in [2.05, 4.69) is 0 Å². The van der Waals surface area contributed by atoms with Gasteiger partial charge in [-0.3, -0.25) is 14.4 Å². The number of amides is 1. The van der Waals surface area contributed by atoms with Gasteiger partial charge in [0.2, 0.25) is 5.78 Å². The van der Waals surface area contributed by atoms with Gasteiger partial charge in [0.05, 0.1) is 6.04 Å². The molecular weight excluding hydrogens is 399 g/mol. The van der Waals surface area contributed by atoms with Crippen molar-refractivity contribution in [1.82, 2.24) is 9.80 Å². The van der Waals surface area contributed by atoms with Crippen molar-refractivity contribution in [2.75, 3.05) is 27.2 Å². The zero-order chi connectivity index (χ0) is 22.3. The van der Waals surface area contributed by atoms with E-state index in [1.54, 1.807) is 30.3 Å². The van der Waals surface area contributed by atoms with Gasteiger partial charge in [-0.2, -0.15) is 0 Å². The Balaban J connectivity index is 1.74. The van der Waals surface area contributed by atoms with Gasteiger partial charge in [0.15, 0.2) is 5.78 Å². The topological polar surface area (TPSA) is 66.9 Å². The minimum atomic E-state index is -1.29. The lowest BCUT2D eigenvalue weighted by Gasteiger charge is -2.28. The van der Waals surface area contributed by atoms with Gasteiger partial charge < -0.3 is 14.5 Å². The molecule has 1 amide bonds. The monoisotopic (exact) mass is 424 g/mol. The van der Waals surface area contributed by atoms with Gasteiger partial charge >= 0.3 is 0 Å². The maximum Gasteiger partial charge on any atom is 0.291 e. The molecule has 2 aromatic carbocycles. The number of Topliss-reactive ketones (excluding diaryl/α,β-unsaturated/α-hetero) is 2. The van der Waals surface area contributed by atoms with Gasteiger partial charge in [-0.1, -0.05) is 18.2 Å². The SMILES string of the molecule is CC1Cc2cc(C(=O)C3C(=O)C(=O)N(CCN(C)C)C3c3ccccc3F)ccc2O1. The average molecular weight is 424 g/mol. The van der Waals surface area contributed by atoms with Crippen LogP contribution in [0.2, 0.25) is 0 Å². The van der Waals surface area contributed by atoms with Crippen LogP contribution >= 0.6 is 0 Å². The Kier molecular flexibility index (Phi) is 5.62. The van der Waals surface area contributed by atoms with Gasteiger partial charge in [-0.25, -0.2) is 4.39 Å². The van der Waals surface area contributed by atoms with E-state index in [1.165, 1.54) is 17.0 Å². The van der Waals surface area contributed by atoms with Crippen molar-refractivity contribution >= 4 is 17.5 Å². The summed E-state index contributed by atoms with van der Waals surface area (Å²) in [6, 6.07) is 10.1. The van der Waals surface area contributed by atoms with Crippen LogP contribution in [0.4, 0.5) is 4.39 Å². The van der Waals surface area contributed by atoms with Crippen LogP contribution in [0.15, 0.2) is 42.5 Å². The highest BCUT2D eigenvalue weighted by Crippen LogP contribution is 2.40. The smallest absolute Gasteiger partial charge is 0.291 e. The molecule has 3 atom stereocenters. The van der Waals surface area contributed by atoms with E-state index in [-0.39, 0.29) is 18.2 Å². The van der Waals surface area contributed by atoms with Crippen molar-refractivity contribution in [2.24, 2.45) is 5.92 Å². The number of halogens is 1. The minimum Gasteiger partial charge on any atom is -0.490 e. The summed E-state index contributed by atoms with van der Waals surface area (Å²) in [6.07, 6.45) is 0.683. The third-order valence-electron chi connectivity index (χ3n) is 5.88. The Labute approximate surface area is 180 Å². The lowest BCUT2D eigenvalue weighted by molar-refractivity contribution is -0.140. The van der Waals surface area contributed by atoms with Crippen LogP contribution in [0.5, 0.6) is 5.75 Å². The first-order valence-electron chi connectivity index (χ1n) is 10.4. The molecule has 0 spiro atoms. The van der Waals surface area contributed by atoms with Crippen LogP contribution in [0.25, 0.3) is 0 Å². The molecular formula is C24H25FN2O4. The highest BCUT2D eigenvalue weighted by atomic mass is 19.1. The maximum atomic E-state index is 14.7. The predicted octanol–water partition coefficient (Wildman–Crippen LogP) is 2.66. The van der Waals surface area contributed by atoms with Gasteiger partial charge in [0.25, 0.3) is 5.91 Å². The molecule has 0 aliphatic carbocycles. The van der Waals surface area contributed by atoms with Crippen LogP contribution in [0, 0.1) is 11.7 Å². The third-order valence-corrected chi connectivity index (χ3v) is 5.88. The number of rotatable bonds is 6. The highest BCUT2D eigenvalue weighted by molar-refractivity contribution is 6.44. The van der Waals surface area contributed by atoms with E-state index in [1.807, 2.05) is 25.9 Å². The Morgan fingerprint density at radius 2 is 1.94 bits per heavy atom. The Bertz CT molecular complexity index is 1050. The molecule has 0 aromatic heterocycles. The number of fused-ring (bicyclic) bond motifs is 1. The molecule has 7 heteroatoms. The molecule has 6 nitrogen and oxygen atoms in total. The van der Waals surface area contributed by atoms with Crippen molar-refractivity contribution in [3.63, 3.8) is 0 Å². The number of likely N-dealkylation sites (tertiary alicyclic amines) is 1. The highest BCUT2D eigenvalue weighted by Gasteiger charge is 2.52. The molecule has 31 heavy (non-hydrogen) atoms. The van der Waals surface area contributed by atoms with Gasteiger partial charge in [0.1, 0.15) is 23.6 Å². The molecule has 2 aliphatic rings. The van der Waals surface area contributed by atoms with E-state index in [0.717, 1.165) is 11.3 Å². The summed E-state index contributed by atoms with van der Waals surface area (Å²) in [5, 5.41) is 0. The molecule has 4 rings (SSSR count). The summed E-state index contributed by atoms with van der Waals surface area (Å²) >= 11 is 0. The molecule has 2 aromatic rings. The fourth-order valence-corrected chi connectivity index (χ4v) is 4.35. The lowest BCUT2D eigenvalue weighted by atomic mass is 9.85. The standard InChI is InChI=1S/C24H25FN2O4/c1-14-12-16-13-15(8-9-19(16)31-14)22(28)20-21(17-6-4-5-7-18(17)25)27(11-10-26(2)3)24(30)23(20)29/h4-9,13-14,20-21H,10-12H2,1-3H3. The predicted molar refractivity (Wildman–Crippen MR) is 112 cm³/mol. The van der Waals surface area contributed by atoms with E-state index in [0.29, 0.717) is 18.5 Å². The first-order valence-corrected chi connectivity index (χ1v) is 10.4. The molecule has 3 unspecified atom stereocenters. The number of hydrogen-bond acceptors (Lipinski definition) is 5. The summed E-state index contributed by atoms with van der Waals surface area (Å²) < 4.78 is 20.4. The maximum absolute atomic E-state index is 14.7. The zero-order valence-electron chi connectivity index (χ0n) is 17.8. The first kappa shape index (κ1) is 21.2. The van der Waals surface area contributed by atoms with Crippen molar-refractivity contribution in [3.8, 4) is 5.75 Å². The first-order chi connectivity index (χ1) is 14.8. The van der Waals surface area contributed by atoms with Crippen LogP contribution in [0.3, 0.4) is 0 Å². The second kappa shape index (κ2) is 8.23. The number of hydrogen-bond donors (Lipinski definition) is 0. The Morgan fingerprint density at radius 3 is 2.65 bits per heavy atom. The molecule has 0 radical (unpaired) electrons. The minimum absolute atomic E-state index is 0.0164. The van der Waals surface area contributed by atoms with Crippen molar-refractivity contribution < 1.29 is 23.5 Å². The number of benzene rings is 2. The van der Waals surface area contributed by atoms with E-state index >= 15 is 0 Å². The van der Waals surface area contributed by atoms with E-state index < -0.39 is 35.3 Å². The summed E-state index contributed by atoms with van der Waals surface area (Å²) in [7, 11) is 3.69. The summed E-state index contributed by atoms with van der Waals surface area (Å²) in [6.45, 7) is 2.65. The number of ketones is 2. The molecule has 162 valence electrons. The Hall–Kier alpha value is -3.06. The van der Waals surface area contributed by atoms with Crippen molar-refractivity contribution in [2.45, 2.75) is 25.5 Å². The number of carbonyl (C=O) groups is 3. The average Bonchev–Trinajstić information content (AvgIpc) is 3.22. The lowest BCUT2D eigenvalue weighted by Crippen LogP contribution is -2.36. The van der Waals surface area contributed by atoms with Crippen LogP contribution in [-0.2, 0) is 16.0 Å². The van der Waals surface area contributed by atoms with Crippen molar-refractivity contribution in [3.05, 3.63) is 65.0 Å². The van der Waals surface area contributed by atoms with Gasteiger partial charge in [0, 0.05) is 30.6 Å². The van der Waals surface area contributed by atoms with Crippen LogP contribution in [0.1, 0.15) is 34.5 Å². The number of carbonyl (C=O) groups excluding carboxylic acids is 3. The number of nitrogens with zero attached hydrogens (tertiary/aromatic N) is 2. The van der Waals surface area contributed by atoms with Gasteiger partial charge in [-0.15, -0.1) is 0 Å². The van der Waals surface area contributed by atoms with E-state index in [9.17, 15) is 18.8 Å². The molecule has 1 fully saturated rings. The summed E-state index contributed by atoms with van der Waals surface area (Å²) in [5.41, 5.74) is 1.40. The van der Waals surface area contributed by atoms with Gasteiger partial charge in [-0.05, 0) is 50.8 Å². The van der Waals surface area contributed by atoms with Crippen molar-refractivity contribution in [1.29, 1.82) is 0 Å². The number of likely N-dealkylation sites (N-methyl/N-ethyl adjacent to an activating group) is 1. The fraction of sp³-hybridized carbons (Fsp3) is 0.375. The van der Waals surface area contributed by atoms with E-state index in [4.69, 9.17) is 4.74 Å². The summed E-state index contributed by atoms with van der Waals surface area (Å²) in [5.74, 6) is -3.12. The normalized spacial score (nSPS) is 22.7. The third kappa shape index (κ3) is 3.85. The largest absolute Gasteiger partial charge is 0.490 e. The fourth-order valence-electron chi connectivity index (χ4n) is 4.35. The van der Waals surface area contributed by atoms with Crippen LogP contribution < -0.4 is 4.74 Å². The molecule has 1 saturated heterocycles. The van der Waals surface area contributed by atoms with Crippen LogP contribution in [-0.4, -0.2) is 60.6 Å². The summed E-state index contributed by atoms with van der Waals surface area (Å²) in [4.78, 5) is 42.5. The molecule has 2 heterocycles.